The summed E-state index contributed by atoms with van der Waals surface area (Å²) in [6.45, 7) is 0. The van der Waals surface area contributed by atoms with Gasteiger partial charge in [-0.25, -0.2) is 9.59 Å². The van der Waals surface area contributed by atoms with Crippen LogP contribution in [0.15, 0.2) is 23.6 Å². The third kappa shape index (κ3) is 1.89. The van der Waals surface area contributed by atoms with Gasteiger partial charge >= 0.3 is 11.9 Å². The number of benzene rings is 1. The lowest BCUT2D eigenvalue weighted by Gasteiger charge is -2.07. The molecule has 1 heterocycles. The molecule has 2 aromatic rings. The van der Waals surface area contributed by atoms with Crippen molar-refractivity contribution in [1.82, 2.24) is 0 Å². The van der Waals surface area contributed by atoms with Gasteiger partial charge < -0.3 is 9.47 Å². The molecule has 0 radical (unpaired) electrons. The van der Waals surface area contributed by atoms with Crippen molar-refractivity contribution in [1.29, 1.82) is 0 Å². The fourth-order valence-electron chi connectivity index (χ4n) is 1.65. The van der Waals surface area contributed by atoms with E-state index in [1.54, 1.807) is 18.2 Å². The second kappa shape index (κ2) is 4.55. The van der Waals surface area contributed by atoms with Crippen molar-refractivity contribution in [3.63, 3.8) is 0 Å². The minimum absolute atomic E-state index is 0.227. The predicted octanol–water partition coefficient (Wildman–Crippen LogP) is 2.47. The fourth-order valence-corrected chi connectivity index (χ4v) is 2.44. The van der Waals surface area contributed by atoms with Crippen LogP contribution in [0.3, 0.4) is 0 Å². The van der Waals surface area contributed by atoms with Crippen LogP contribution in [-0.4, -0.2) is 26.2 Å². The van der Waals surface area contributed by atoms with Crippen LogP contribution in [0.5, 0.6) is 0 Å². The quantitative estimate of drug-likeness (QED) is 0.768. The number of esters is 2. The summed E-state index contributed by atoms with van der Waals surface area (Å²) in [5.41, 5.74) is 0.489. The van der Waals surface area contributed by atoms with Gasteiger partial charge in [0.2, 0.25) is 0 Å². The maximum absolute atomic E-state index is 11.7. The third-order valence-electron chi connectivity index (χ3n) is 2.43. The van der Waals surface area contributed by atoms with Crippen LogP contribution >= 0.6 is 11.3 Å². The number of carbonyl (C=O) groups excluding carboxylic acids is 2. The molecule has 0 spiro atoms. The Balaban J connectivity index is 2.74. The fraction of sp³-hybridized carbons (Fsp3) is 0.167. The van der Waals surface area contributed by atoms with Gasteiger partial charge in [0.1, 0.15) is 0 Å². The van der Waals surface area contributed by atoms with Gasteiger partial charge in [-0.3, -0.25) is 0 Å². The van der Waals surface area contributed by atoms with E-state index in [0.29, 0.717) is 5.39 Å². The van der Waals surface area contributed by atoms with Crippen LogP contribution in [0.25, 0.3) is 10.1 Å². The maximum atomic E-state index is 11.7. The molecular weight excluding hydrogens is 240 g/mol. The van der Waals surface area contributed by atoms with E-state index >= 15 is 0 Å². The number of methoxy groups -OCH3 is 2. The molecule has 1 aromatic carbocycles. The zero-order chi connectivity index (χ0) is 12.4. The van der Waals surface area contributed by atoms with Crippen LogP contribution in [0.1, 0.15) is 20.7 Å². The molecular formula is C12H10O4S. The van der Waals surface area contributed by atoms with E-state index in [2.05, 4.69) is 4.74 Å². The van der Waals surface area contributed by atoms with Crippen LogP contribution in [0.4, 0.5) is 0 Å². The number of hydrogen-bond donors (Lipinski definition) is 0. The smallest absolute Gasteiger partial charge is 0.339 e. The summed E-state index contributed by atoms with van der Waals surface area (Å²) in [4.78, 5) is 23.3. The monoisotopic (exact) mass is 250 g/mol. The molecule has 0 fully saturated rings. The summed E-state index contributed by atoms with van der Waals surface area (Å²) in [6.07, 6.45) is 0. The van der Waals surface area contributed by atoms with E-state index in [1.165, 1.54) is 25.6 Å². The number of fused-ring (bicyclic) bond motifs is 1. The van der Waals surface area contributed by atoms with Crippen molar-refractivity contribution in [2.45, 2.75) is 0 Å². The molecule has 5 heteroatoms. The van der Waals surface area contributed by atoms with E-state index in [9.17, 15) is 9.59 Å². The zero-order valence-electron chi connectivity index (χ0n) is 9.35. The van der Waals surface area contributed by atoms with Crippen molar-refractivity contribution >= 4 is 33.4 Å². The van der Waals surface area contributed by atoms with Gasteiger partial charge in [-0.05, 0) is 23.6 Å². The average Bonchev–Trinajstić information content (AvgIpc) is 2.83. The number of carbonyl (C=O) groups is 2. The Morgan fingerprint density at radius 3 is 2.41 bits per heavy atom. The standard InChI is InChI=1S/C12H10O4S/c1-15-11(13)8-3-4-9-7(5-6-17-9)10(8)12(14)16-2/h3-6H,1-2H3. The Morgan fingerprint density at radius 2 is 1.76 bits per heavy atom. The maximum Gasteiger partial charge on any atom is 0.339 e. The molecule has 17 heavy (non-hydrogen) atoms. The molecule has 0 aliphatic carbocycles. The summed E-state index contributed by atoms with van der Waals surface area (Å²) in [6, 6.07) is 5.16. The highest BCUT2D eigenvalue weighted by molar-refractivity contribution is 7.17. The average molecular weight is 250 g/mol. The van der Waals surface area contributed by atoms with Crippen molar-refractivity contribution in [2.24, 2.45) is 0 Å². The lowest BCUT2D eigenvalue weighted by atomic mass is 10.0. The van der Waals surface area contributed by atoms with Crippen LogP contribution in [0, 0.1) is 0 Å². The molecule has 0 amide bonds. The molecule has 0 unspecified atom stereocenters. The molecule has 0 aliphatic heterocycles. The largest absolute Gasteiger partial charge is 0.465 e. The van der Waals surface area contributed by atoms with Crippen LogP contribution < -0.4 is 0 Å². The van der Waals surface area contributed by atoms with E-state index in [0.717, 1.165) is 4.70 Å². The number of ether oxygens (including phenoxy) is 2. The molecule has 0 bridgehead atoms. The van der Waals surface area contributed by atoms with Crippen molar-refractivity contribution in [2.75, 3.05) is 14.2 Å². The predicted molar refractivity (Wildman–Crippen MR) is 64.5 cm³/mol. The molecule has 88 valence electrons. The van der Waals surface area contributed by atoms with Gasteiger partial charge in [0.25, 0.3) is 0 Å². The van der Waals surface area contributed by atoms with Crippen LogP contribution in [-0.2, 0) is 9.47 Å². The Morgan fingerprint density at radius 1 is 1.06 bits per heavy atom. The molecule has 0 aliphatic rings. The van der Waals surface area contributed by atoms with E-state index in [4.69, 9.17) is 4.74 Å². The van der Waals surface area contributed by atoms with Gasteiger partial charge in [-0.15, -0.1) is 11.3 Å². The Kier molecular flexibility index (Phi) is 3.10. The Hall–Kier alpha value is -1.88. The highest BCUT2D eigenvalue weighted by atomic mass is 32.1. The third-order valence-corrected chi connectivity index (χ3v) is 3.31. The van der Waals surface area contributed by atoms with Gasteiger partial charge in [-0.1, -0.05) is 0 Å². The summed E-state index contributed by atoms with van der Waals surface area (Å²) in [7, 11) is 2.57. The summed E-state index contributed by atoms with van der Waals surface area (Å²) >= 11 is 1.50. The van der Waals surface area contributed by atoms with Crippen molar-refractivity contribution < 1.29 is 19.1 Å². The Labute approximate surface area is 102 Å². The summed E-state index contributed by atoms with van der Waals surface area (Å²) < 4.78 is 10.3. The van der Waals surface area contributed by atoms with E-state index in [1.807, 2.05) is 5.38 Å². The lowest BCUT2D eigenvalue weighted by molar-refractivity contribution is 0.0557. The molecule has 0 saturated carbocycles. The van der Waals surface area contributed by atoms with E-state index < -0.39 is 11.9 Å². The number of rotatable bonds is 2. The van der Waals surface area contributed by atoms with E-state index in [-0.39, 0.29) is 11.1 Å². The first-order valence-electron chi connectivity index (χ1n) is 4.86. The second-order valence-electron chi connectivity index (χ2n) is 3.30. The van der Waals surface area contributed by atoms with Crippen LogP contribution in [0.2, 0.25) is 0 Å². The molecule has 2 rings (SSSR count). The van der Waals surface area contributed by atoms with Gasteiger partial charge in [0.15, 0.2) is 0 Å². The highest BCUT2D eigenvalue weighted by Crippen LogP contribution is 2.28. The second-order valence-corrected chi connectivity index (χ2v) is 4.25. The summed E-state index contributed by atoms with van der Waals surface area (Å²) in [5, 5.41) is 2.57. The topological polar surface area (TPSA) is 52.6 Å². The minimum atomic E-state index is -0.543. The minimum Gasteiger partial charge on any atom is -0.465 e. The Bertz CT molecular complexity index is 585. The molecule has 0 saturated heterocycles. The number of thiophene rings is 1. The first kappa shape index (κ1) is 11.6. The molecule has 0 atom stereocenters. The normalized spacial score (nSPS) is 10.2. The van der Waals surface area contributed by atoms with Gasteiger partial charge in [0.05, 0.1) is 25.3 Å². The van der Waals surface area contributed by atoms with Gasteiger partial charge in [0, 0.05) is 10.1 Å². The first-order valence-corrected chi connectivity index (χ1v) is 5.74. The highest BCUT2D eigenvalue weighted by Gasteiger charge is 2.21. The molecule has 1 aromatic heterocycles. The molecule has 4 nitrogen and oxygen atoms in total. The summed E-state index contributed by atoms with van der Waals surface area (Å²) in [5.74, 6) is -1.08. The number of hydrogen-bond acceptors (Lipinski definition) is 5. The van der Waals surface area contributed by atoms with Gasteiger partial charge in [-0.2, -0.15) is 0 Å². The lowest BCUT2D eigenvalue weighted by Crippen LogP contribution is -2.11. The van der Waals surface area contributed by atoms with Crippen molar-refractivity contribution in [3.8, 4) is 0 Å². The first-order chi connectivity index (χ1) is 8.19. The molecule has 0 N–H and O–H groups in total. The zero-order valence-corrected chi connectivity index (χ0v) is 10.2. The SMILES string of the molecule is COC(=O)c1ccc2sccc2c1C(=O)OC. The van der Waals surface area contributed by atoms with Crippen molar-refractivity contribution in [3.05, 3.63) is 34.7 Å².